The van der Waals surface area contributed by atoms with Gasteiger partial charge < -0.3 is 19.6 Å². The highest BCUT2D eigenvalue weighted by Gasteiger charge is 2.78. The number of aliphatic hydroxyl groups excluding tert-OH is 1. The summed E-state index contributed by atoms with van der Waals surface area (Å²) in [6.07, 6.45) is 3.90. The molecule has 3 aliphatic heterocycles. The fourth-order valence-corrected chi connectivity index (χ4v) is 8.58. The van der Waals surface area contributed by atoms with Gasteiger partial charge in [-0.25, -0.2) is 0 Å². The van der Waals surface area contributed by atoms with Crippen molar-refractivity contribution in [2.45, 2.75) is 88.4 Å². The predicted molar refractivity (Wildman–Crippen MR) is 130 cm³/mol. The van der Waals surface area contributed by atoms with Crippen molar-refractivity contribution in [1.29, 1.82) is 0 Å². The summed E-state index contributed by atoms with van der Waals surface area (Å²) in [6.45, 7) is 16.0. The Labute approximate surface area is 202 Å². The maximum Gasteiger partial charge on any atom is 0.311 e. The number of ether oxygens (including phenoxy) is 1. The van der Waals surface area contributed by atoms with Crippen molar-refractivity contribution in [3.05, 3.63) is 12.7 Å². The third kappa shape index (κ3) is 3.91. The first-order valence-electron chi connectivity index (χ1n) is 12.3. The molecule has 3 aliphatic rings. The van der Waals surface area contributed by atoms with Gasteiger partial charge in [0, 0.05) is 17.3 Å². The number of hydrogen-bond acceptors (Lipinski definition) is 6. The molecular weight excluding hydrogens is 440 g/mol. The van der Waals surface area contributed by atoms with Gasteiger partial charge in [0.15, 0.2) is 0 Å². The molecule has 1 spiro atoms. The highest BCUT2D eigenvalue weighted by Crippen LogP contribution is 2.72. The van der Waals surface area contributed by atoms with Gasteiger partial charge in [0.2, 0.25) is 11.8 Å². The van der Waals surface area contributed by atoms with Gasteiger partial charge in [-0.1, -0.05) is 26.3 Å². The van der Waals surface area contributed by atoms with Crippen molar-refractivity contribution < 1.29 is 24.2 Å². The van der Waals surface area contributed by atoms with Crippen LogP contribution in [-0.2, 0) is 19.1 Å². The molecule has 3 heterocycles. The van der Waals surface area contributed by atoms with Crippen LogP contribution in [0.1, 0.15) is 60.8 Å². The average Bonchev–Trinajstić information content (AvgIpc) is 3.33. The molecule has 1 N–H and O–H groups in total. The number of rotatable bonds is 10. The van der Waals surface area contributed by atoms with Crippen LogP contribution < -0.4 is 0 Å². The molecule has 0 aromatic rings. The van der Waals surface area contributed by atoms with Gasteiger partial charge in [-0.2, -0.15) is 0 Å². The largest absolute Gasteiger partial charge is 0.466 e. The van der Waals surface area contributed by atoms with E-state index in [1.54, 1.807) is 34.6 Å². The van der Waals surface area contributed by atoms with Gasteiger partial charge in [-0.15, -0.1) is 18.3 Å². The minimum atomic E-state index is -0.727. The lowest BCUT2D eigenvalue weighted by Gasteiger charge is -2.42. The van der Waals surface area contributed by atoms with Crippen molar-refractivity contribution in [2.75, 3.05) is 19.8 Å². The zero-order valence-electron chi connectivity index (χ0n) is 20.9. The van der Waals surface area contributed by atoms with Crippen LogP contribution in [0, 0.1) is 17.8 Å². The predicted octanol–water partition coefficient (Wildman–Crippen LogP) is 2.86. The standard InChI is InChI=1S/C25H40N2O5S/c1-8-13-26(15(4)5)22(30)20-25-12-11-24(7,33-25)19(23(31)32-10-3)18(25)21(29)27(20)17(14-28)16(6)9-2/h8,15-20,28H,1,9-14H2,2-7H3/t16-,17-,18-,19-,20?,24+,25?/m0/s1. The molecule has 0 aromatic carbocycles. The van der Waals surface area contributed by atoms with Crippen LogP contribution >= 0.6 is 11.8 Å². The lowest BCUT2D eigenvalue weighted by molar-refractivity contribution is -0.156. The van der Waals surface area contributed by atoms with Crippen molar-refractivity contribution in [3.63, 3.8) is 0 Å². The third-order valence-corrected chi connectivity index (χ3v) is 10.1. The molecule has 3 fully saturated rings. The first kappa shape index (κ1) is 26.1. The molecular formula is C25H40N2O5S. The molecule has 0 aliphatic carbocycles. The number of amides is 2. The second kappa shape index (κ2) is 9.61. The fraction of sp³-hybridized carbons (Fsp3) is 0.800. The second-order valence-electron chi connectivity index (χ2n) is 10.2. The van der Waals surface area contributed by atoms with E-state index in [1.807, 2.05) is 34.6 Å². The van der Waals surface area contributed by atoms with E-state index in [0.29, 0.717) is 13.0 Å². The Morgan fingerprint density at radius 1 is 1.33 bits per heavy atom. The van der Waals surface area contributed by atoms with Crippen LogP contribution in [0.3, 0.4) is 0 Å². The number of carbonyl (C=O) groups excluding carboxylic acids is 3. The van der Waals surface area contributed by atoms with Gasteiger partial charge in [-0.05, 0) is 46.5 Å². The highest BCUT2D eigenvalue weighted by atomic mass is 32.2. The maximum absolute atomic E-state index is 14.2. The minimum absolute atomic E-state index is 0.00945. The van der Waals surface area contributed by atoms with E-state index in [0.717, 1.165) is 12.8 Å². The zero-order valence-corrected chi connectivity index (χ0v) is 21.7. The average molecular weight is 481 g/mol. The quantitative estimate of drug-likeness (QED) is 0.382. The van der Waals surface area contributed by atoms with Crippen LogP contribution in [0.5, 0.6) is 0 Å². The van der Waals surface area contributed by atoms with E-state index in [-0.39, 0.29) is 43.0 Å². The van der Waals surface area contributed by atoms with E-state index in [9.17, 15) is 19.5 Å². The van der Waals surface area contributed by atoms with Gasteiger partial charge >= 0.3 is 5.97 Å². The summed E-state index contributed by atoms with van der Waals surface area (Å²) in [5.41, 5.74) is 0. The fourth-order valence-electron chi connectivity index (χ4n) is 6.26. The number of likely N-dealkylation sites (tertiary alicyclic amines) is 1. The first-order chi connectivity index (χ1) is 15.5. The molecule has 8 heteroatoms. The monoisotopic (exact) mass is 480 g/mol. The van der Waals surface area contributed by atoms with Crippen molar-refractivity contribution >= 4 is 29.5 Å². The summed E-state index contributed by atoms with van der Waals surface area (Å²) in [4.78, 5) is 44.8. The topological polar surface area (TPSA) is 87.2 Å². The highest BCUT2D eigenvalue weighted by molar-refractivity contribution is 8.02. The van der Waals surface area contributed by atoms with Gasteiger partial charge in [-0.3, -0.25) is 14.4 Å². The van der Waals surface area contributed by atoms with Gasteiger partial charge in [0.25, 0.3) is 0 Å². The summed E-state index contributed by atoms with van der Waals surface area (Å²) >= 11 is 1.63. The number of hydrogen-bond donors (Lipinski definition) is 1. The molecule has 2 unspecified atom stereocenters. The van der Waals surface area contributed by atoms with Crippen molar-refractivity contribution in [2.24, 2.45) is 17.8 Å². The molecule has 0 saturated carbocycles. The Kier molecular flexibility index (Phi) is 7.59. The first-order valence-corrected chi connectivity index (χ1v) is 13.1. The van der Waals surface area contributed by atoms with Crippen LogP contribution in [0.15, 0.2) is 12.7 Å². The van der Waals surface area contributed by atoms with Crippen LogP contribution in [0.25, 0.3) is 0 Å². The molecule has 0 aromatic heterocycles. The molecule has 3 saturated heterocycles. The Morgan fingerprint density at radius 2 is 2.00 bits per heavy atom. The third-order valence-electron chi connectivity index (χ3n) is 8.07. The Bertz CT molecular complexity index is 804. The summed E-state index contributed by atoms with van der Waals surface area (Å²) in [5.74, 6) is -1.86. The van der Waals surface area contributed by atoms with Gasteiger partial charge in [0.05, 0.1) is 35.8 Å². The zero-order chi connectivity index (χ0) is 24.7. The Balaban J connectivity index is 2.17. The van der Waals surface area contributed by atoms with Crippen molar-refractivity contribution in [1.82, 2.24) is 9.80 Å². The number of fused-ring (bicyclic) bond motifs is 1. The number of nitrogens with zero attached hydrogens (tertiary/aromatic N) is 2. The molecule has 7 nitrogen and oxygen atoms in total. The Hall–Kier alpha value is -1.54. The number of esters is 1. The summed E-state index contributed by atoms with van der Waals surface area (Å²) < 4.78 is 4.29. The summed E-state index contributed by atoms with van der Waals surface area (Å²) in [5, 5.41) is 10.4. The van der Waals surface area contributed by atoms with Crippen LogP contribution in [0.2, 0.25) is 0 Å². The molecule has 2 amide bonds. The normalized spacial score (nSPS) is 34.4. The van der Waals surface area contributed by atoms with E-state index in [4.69, 9.17) is 4.74 Å². The van der Waals surface area contributed by atoms with Crippen molar-refractivity contribution in [3.8, 4) is 0 Å². The van der Waals surface area contributed by atoms with Crippen LogP contribution in [0.4, 0.5) is 0 Å². The van der Waals surface area contributed by atoms with E-state index in [2.05, 4.69) is 6.58 Å². The molecule has 33 heavy (non-hydrogen) atoms. The summed E-state index contributed by atoms with van der Waals surface area (Å²) in [7, 11) is 0. The minimum Gasteiger partial charge on any atom is -0.466 e. The smallest absolute Gasteiger partial charge is 0.311 e. The van der Waals surface area contributed by atoms with E-state index < -0.39 is 33.4 Å². The molecule has 7 atom stereocenters. The number of carbonyl (C=O) groups is 3. The maximum atomic E-state index is 14.2. The number of aliphatic hydroxyl groups is 1. The molecule has 186 valence electrons. The SMILES string of the molecule is C=CCN(C(=O)C1N([C@@H](CO)[C@@H](C)CC)C(=O)[C@@H]2[C@@H](C(=O)OCC)[C@@]3(C)CCC12S3)C(C)C. The summed E-state index contributed by atoms with van der Waals surface area (Å²) in [6, 6.07) is -1.28. The second-order valence-corrected chi connectivity index (χ2v) is 12.1. The molecule has 0 radical (unpaired) electrons. The van der Waals surface area contributed by atoms with E-state index >= 15 is 0 Å². The van der Waals surface area contributed by atoms with Crippen LogP contribution in [-0.4, -0.2) is 80.1 Å². The molecule has 3 rings (SSSR count). The van der Waals surface area contributed by atoms with Gasteiger partial charge in [0.1, 0.15) is 6.04 Å². The number of thioether (sulfide) groups is 1. The lowest BCUT2D eigenvalue weighted by Crippen LogP contribution is -2.59. The molecule has 2 bridgehead atoms. The lowest BCUT2D eigenvalue weighted by atomic mass is 9.66. The van der Waals surface area contributed by atoms with E-state index in [1.165, 1.54) is 0 Å². The Morgan fingerprint density at radius 3 is 2.52 bits per heavy atom.